The molecule has 0 spiro atoms. The molecule has 0 aliphatic carbocycles. The second-order valence-electron chi connectivity index (χ2n) is 5.92. The van der Waals surface area contributed by atoms with Crippen LogP contribution < -0.4 is 5.32 Å². The van der Waals surface area contributed by atoms with Crippen LogP contribution in [0.15, 0.2) is 41.1 Å². The lowest BCUT2D eigenvalue weighted by Crippen LogP contribution is -2.32. The minimum Gasteiger partial charge on any atom is -0.457 e. The lowest BCUT2D eigenvalue weighted by molar-refractivity contribution is 0.346. The molecule has 0 radical (unpaired) electrons. The summed E-state index contributed by atoms with van der Waals surface area (Å²) >= 11 is 6.35. The molecule has 120 valence electrons. The van der Waals surface area contributed by atoms with Crippen molar-refractivity contribution in [3.05, 3.63) is 47.6 Å². The minimum absolute atomic E-state index is 0. The maximum absolute atomic E-state index is 6.35. The topological polar surface area (TPSA) is 51.0 Å². The Morgan fingerprint density at radius 3 is 2.91 bits per heavy atom. The van der Waals surface area contributed by atoms with Crippen molar-refractivity contribution in [1.29, 1.82) is 0 Å². The molecule has 1 aliphatic rings. The third kappa shape index (κ3) is 2.82. The van der Waals surface area contributed by atoms with E-state index in [9.17, 15) is 0 Å². The molecule has 0 aromatic carbocycles. The maximum atomic E-state index is 6.35. The number of rotatable bonds is 2. The third-order valence-corrected chi connectivity index (χ3v) is 4.63. The molecule has 1 N–H and O–H groups in total. The molecule has 1 atom stereocenters. The summed E-state index contributed by atoms with van der Waals surface area (Å²) in [6, 6.07) is 7.79. The molecule has 4 rings (SSSR count). The Morgan fingerprint density at radius 2 is 2.22 bits per heavy atom. The normalized spacial score (nSPS) is 20.6. The molecule has 4 nitrogen and oxygen atoms in total. The van der Waals surface area contributed by atoms with Gasteiger partial charge in [-0.2, -0.15) is 0 Å². The molecular formula is C17H17Cl2N3O. The van der Waals surface area contributed by atoms with E-state index in [4.69, 9.17) is 16.0 Å². The quantitative estimate of drug-likeness (QED) is 0.688. The van der Waals surface area contributed by atoms with Gasteiger partial charge in [0.2, 0.25) is 0 Å². The fourth-order valence-electron chi connectivity index (χ4n) is 3.04. The van der Waals surface area contributed by atoms with Crippen LogP contribution in [0.1, 0.15) is 25.5 Å². The number of nitrogens with zero attached hydrogens (tertiary/aromatic N) is 2. The van der Waals surface area contributed by atoms with E-state index in [2.05, 4.69) is 22.2 Å². The molecule has 23 heavy (non-hydrogen) atoms. The number of furan rings is 1. The fourth-order valence-corrected chi connectivity index (χ4v) is 3.30. The number of pyridine rings is 2. The summed E-state index contributed by atoms with van der Waals surface area (Å²) < 4.78 is 6.07. The standard InChI is InChI=1S/C17H16ClN3O.ClH/c1-17(5-3-7-20-17)15-9-13-14(22-15)8-12(16(18)21-13)11-4-2-6-19-10-11;/h2,4,6,8-10,20H,3,5,7H2,1H3;1H/t17-;/m0./s1. The highest BCUT2D eigenvalue weighted by molar-refractivity contribution is 6.32. The van der Waals surface area contributed by atoms with E-state index in [0.29, 0.717) is 5.15 Å². The van der Waals surface area contributed by atoms with E-state index in [1.807, 2.05) is 24.3 Å². The van der Waals surface area contributed by atoms with Crippen LogP contribution in [0.2, 0.25) is 5.15 Å². The van der Waals surface area contributed by atoms with Gasteiger partial charge in [-0.25, -0.2) is 4.98 Å². The first-order chi connectivity index (χ1) is 10.7. The summed E-state index contributed by atoms with van der Waals surface area (Å²) in [7, 11) is 0. The Kier molecular flexibility index (Phi) is 4.32. The minimum atomic E-state index is -0.109. The van der Waals surface area contributed by atoms with Crippen LogP contribution in [0.5, 0.6) is 0 Å². The number of aromatic nitrogens is 2. The van der Waals surface area contributed by atoms with Crippen molar-refractivity contribution in [3.8, 4) is 11.1 Å². The fraction of sp³-hybridized carbons (Fsp3) is 0.294. The summed E-state index contributed by atoms with van der Waals surface area (Å²) in [6.07, 6.45) is 5.73. The SMILES string of the molecule is C[C@@]1(c2cc3nc(Cl)c(-c4cccnc4)cc3o2)CCCN1.Cl. The van der Waals surface area contributed by atoms with Crippen LogP contribution in [-0.2, 0) is 5.54 Å². The molecule has 1 fully saturated rings. The Hall–Kier alpha value is -1.62. The maximum Gasteiger partial charge on any atom is 0.153 e. The highest BCUT2D eigenvalue weighted by Crippen LogP contribution is 2.36. The van der Waals surface area contributed by atoms with Crippen molar-refractivity contribution >= 4 is 35.1 Å². The van der Waals surface area contributed by atoms with Crippen LogP contribution in [0.25, 0.3) is 22.2 Å². The lowest BCUT2D eigenvalue weighted by atomic mass is 9.97. The average Bonchev–Trinajstić information content (AvgIpc) is 3.14. The zero-order chi connectivity index (χ0) is 15.2. The van der Waals surface area contributed by atoms with Gasteiger partial charge in [0.15, 0.2) is 5.58 Å². The van der Waals surface area contributed by atoms with Crippen LogP contribution in [0.3, 0.4) is 0 Å². The Labute approximate surface area is 145 Å². The number of hydrogen-bond acceptors (Lipinski definition) is 4. The molecule has 4 heterocycles. The van der Waals surface area contributed by atoms with Crippen molar-refractivity contribution in [2.24, 2.45) is 0 Å². The number of nitrogens with one attached hydrogen (secondary N) is 1. The van der Waals surface area contributed by atoms with Gasteiger partial charge in [-0.3, -0.25) is 4.98 Å². The highest BCUT2D eigenvalue weighted by Gasteiger charge is 2.33. The summed E-state index contributed by atoms with van der Waals surface area (Å²) in [4.78, 5) is 8.63. The number of fused-ring (bicyclic) bond motifs is 1. The Morgan fingerprint density at radius 1 is 1.35 bits per heavy atom. The van der Waals surface area contributed by atoms with Crippen molar-refractivity contribution in [1.82, 2.24) is 15.3 Å². The third-order valence-electron chi connectivity index (χ3n) is 4.34. The average molecular weight is 350 g/mol. The van der Waals surface area contributed by atoms with E-state index >= 15 is 0 Å². The predicted octanol–water partition coefficient (Wildman–Crippen LogP) is 4.56. The largest absolute Gasteiger partial charge is 0.457 e. The van der Waals surface area contributed by atoms with Crippen LogP contribution in [-0.4, -0.2) is 16.5 Å². The molecule has 0 saturated carbocycles. The first-order valence-corrected chi connectivity index (χ1v) is 7.79. The number of hydrogen-bond donors (Lipinski definition) is 1. The molecule has 1 aliphatic heterocycles. The van der Waals surface area contributed by atoms with E-state index < -0.39 is 0 Å². The van der Waals surface area contributed by atoms with Crippen molar-refractivity contribution in [2.75, 3.05) is 6.54 Å². The van der Waals surface area contributed by atoms with Crippen LogP contribution in [0.4, 0.5) is 0 Å². The Balaban J connectivity index is 0.00000156. The predicted molar refractivity (Wildman–Crippen MR) is 94.1 cm³/mol. The van der Waals surface area contributed by atoms with Gasteiger partial charge in [0.1, 0.15) is 16.4 Å². The zero-order valence-corrected chi connectivity index (χ0v) is 14.2. The van der Waals surface area contributed by atoms with Crippen LogP contribution >= 0.6 is 24.0 Å². The van der Waals surface area contributed by atoms with Crippen molar-refractivity contribution in [2.45, 2.75) is 25.3 Å². The zero-order valence-electron chi connectivity index (χ0n) is 12.7. The van der Waals surface area contributed by atoms with Gasteiger partial charge in [0.25, 0.3) is 0 Å². The Bertz CT molecular complexity index is 826. The van der Waals surface area contributed by atoms with Gasteiger partial charge >= 0.3 is 0 Å². The highest BCUT2D eigenvalue weighted by atomic mass is 35.5. The van der Waals surface area contributed by atoms with Gasteiger partial charge in [0, 0.05) is 29.6 Å². The molecular weight excluding hydrogens is 333 g/mol. The summed E-state index contributed by atoms with van der Waals surface area (Å²) in [5, 5.41) is 3.98. The van der Waals surface area contributed by atoms with Crippen molar-refractivity contribution < 1.29 is 4.42 Å². The van der Waals surface area contributed by atoms with E-state index in [1.165, 1.54) is 0 Å². The number of halogens is 2. The first kappa shape index (κ1) is 16.2. The van der Waals surface area contributed by atoms with E-state index in [0.717, 1.165) is 47.4 Å². The first-order valence-electron chi connectivity index (χ1n) is 7.42. The molecule has 6 heteroatoms. The van der Waals surface area contributed by atoms with Gasteiger partial charge in [-0.05, 0) is 38.4 Å². The summed E-state index contributed by atoms with van der Waals surface area (Å²) in [6.45, 7) is 3.18. The molecule has 3 aromatic heterocycles. The summed E-state index contributed by atoms with van der Waals surface area (Å²) in [5.74, 6) is 0.923. The molecule has 0 bridgehead atoms. The van der Waals surface area contributed by atoms with Crippen molar-refractivity contribution in [3.63, 3.8) is 0 Å². The van der Waals surface area contributed by atoms with Gasteiger partial charge in [0.05, 0.1) is 5.54 Å². The van der Waals surface area contributed by atoms with Gasteiger partial charge in [-0.15, -0.1) is 12.4 Å². The lowest BCUT2D eigenvalue weighted by Gasteiger charge is -2.20. The monoisotopic (exact) mass is 349 g/mol. The molecule has 0 amide bonds. The van der Waals surface area contributed by atoms with E-state index in [1.54, 1.807) is 12.4 Å². The van der Waals surface area contributed by atoms with E-state index in [-0.39, 0.29) is 17.9 Å². The molecule has 0 unspecified atom stereocenters. The second kappa shape index (κ2) is 6.11. The smallest absolute Gasteiger partial charge is 0.153 e. The second-order valence-corrected chi connectivity index (χ2v) is 6.28. The van der Waals surface area contributed by atoms with Gasteiger partial charge in [-0.1, -0.05) is 17.7 Å². The molecule has 3 aromatic rings. The molecule has 1 saturated heterocycles. The van der Waals surface area contributed by atoms with Crippen LogP contribution in [0, 0.1) is 0 Å². The van der Waals surface area contributed by atoms with Gasteiger partial charge < -0.3 is 9.73 Å². The summed E-state index contributed by atoms with van der Waals surface area (Å²) in [5.41, 5.74) is 3.22.